The van der Waals surface area contributed by atoms with Crippen molar-refractivity contribution in [2.45, 2.75) is 26.8 Å². The van der Waals surface area contributed by atoms with Crippen molar-refractivity contribution in [1.29, 1.82) is 0 Å². The van der Waals surface area contributed by atoms with Gasteiger partial charge < -0.3 is 4.90 Å². The second-order valence-corrected chi connectivity index (χ2v) is 5.71. The quantitative estimate of drug-likeness (QED) is 0.746. The zero-order valence-corrected chi connectivity index (χ0v) is 13.1. The number of carbonyl (C=O) groups excluding carboxylic acids is 1. The monoisotopic (exact) mass is 281 g/mol. The maximum atomic E-state index is 12.2. The van der Waals surface area contributed by atoms with Crippen molar-refractivity contribution in [3.05, 3.63) is 70.8 Å². The van der Waals surface area contributed by atoms with E-state index in [9.17, 15) is 4.79 Å². The minimum absolute atomic E-state index is 0.226. The molecule has 0 saturated heterocycles. The van der Waals surface area contributed by atoms with Crippen LogP contribution in [-0.2, 0) is 6.54 Å². The minimum Gasteiger partial charge on any atom is -0.302 e. The Labute approximate surface area is 127 Å². The molecule has 0 N–H and O–H groups in total. The van der Waals surface area contributed by atoms with Crippen LogP contribution in [-0.4, -0.2) is 24.3 Å². The molecule has 110 valence electrons. The van der Waals surface area contributed by atoms with E-state index in [2.05, 4.69) is 43.1 Å². The molecule has 0 unspecified atom stereocenters. The maximum Gasteiger partial charge on any atom is 0.164 e. The number of benzene rings is 2. The van der Waals surface area contributed by atoms with Crippen LogP contribution in [0.4, 0.5) is 0 Å². The third-order valence-electron chi connectivity index (χ3n) is 3.70. The summed E-state index contributed by atoms with van der Waals surface area (Å²) in [5.41, 5.74) is 4.48. The van der Waals surface area contributed by atoms with Crippen LogP contribution in [0.25, 0.3) is 0 Å². The van der Waals surface area contributed by atoms with Crippen molar-refractivity contribution in [3.63, 3.8) is 0 Å². The Bertz CT molecular complexity index is 618. The SMILES string of the molecule is Cc1cccc(CN(C)CCC(=O)c2ccccc2C)c1. The van der Waals surface area contributed by atoms with Crippen LogP contribution in [0.15, 0.2) is 48.5 Å². The second-order valence-electron chi connectivity index (χ2n) is 5.71. The lowest BCUT2D eigenvalue weighted by atomic mass is 10.0. The lowest BCUT2D eigenvalue weighted by Gasteiger charge is -2.16. The molecule has 0 spiro atoms. The normalized spacial score (nSPS) is 10.9. The van der Waals surface area contributed by atoms with Crippen molar-refractivity contribution in [3.8, 4) is 0 Å². The van der Waals surface area contributed by atoms with Gasteiger partial charge in [0.25, 0.3) is 0 Å². The van der Waals surface area contributed by atoms with Gasteiger partial charge in [0.15, 0.2) is 5.78 Å². The predicted octanol–water partition coefficient (Wildman–Crippen LogP) is 4.01. The number of aryl methyl sites for hydroxylation is 2. The standard InChI is InChI=1S/C19H23NO/c1-15-7-6-9-17(13-15)14-20(3)12-11-19(21)18-10-5-4-8-16(18)2/h4-10,13H,11-12,14H2,1-3H3. The topological polar surface area (TPSA) is 20.3 Å². The molecule has 2 nitrogen and oxygen atoms in total. The smallest absolute Gasteiger partial charge is 0.164 e. The van der Waals surface area contributed by atoms with E-state index in [1.165, 1.54) is 11.1 Å². The largest absolute Gasteiger partial charge is 0.302 e. The van der Waals surface area contributed by atoms with Gasteiger partial charge >= 0.3 is 0 Å². The molecule has 0 bridgehead atoms. The molecule has 2 heteroatoms. The highest BCUT2D eigenvalue weighted by atomic mass is 16.1. The van der Waals surface area contributed by atoms with Gasteiger partial charge in [-0.3, -0.25) is 4.79 Å². The van der Waals surface area contributed by atoms with E-state index in [-0.39, 0.29) is 5.78 Å². The summed E-state index contributed by atoms with van der Waals surface area (Å²) in [5, 5.41) is 0. The molecule has 2 aromatic carbocycles. The van der Waals surface area contributed by atoms with E-state index in [0.29, 0.717) is 6.42 Å². The Hall–Kier alpha value is -1.93. The fourth-order valence-corrected chi connectivity index (χ4v) is 2.51. The molecule has 0 aliphatic rings. The highest BCUT2D eigenvalue weighted by Gasteiger charge is 2.09. The van der Waals surface area contributed by atoms with Gasteiger partial charge in [0.2, 0.25) is 0 Å². The van der Waals surface area contributed by atoms with Crippen LogP contribution < -0.4 is 0 Å². The first kappa shape index (κ1) is 15.5. The van der Waals surface area contributed by atoms with Crippen LogP contribution in [0.2, 0.25) is 0 Å². The van der Waals surface area contributed by atoms with Crippen molar-refractivity contribution in [2.75, 3.05) is 13.6 Å². The number of rotatable bonds is 6. The fourth-order valence-electron chi connectivity index (χ4n) is 2.51. The summed E-state index contributed by atoms with van der Waals surface area (Å²) >= 11 is 0. The summed E-state index contributed by atoms with van der Waals surface area (Å²) in [6, 6.07) is 16.3. The van der Waals surface area contributed by atoms with E-state index < -0.39 is 0 Å². The van der Waals surface area contributed by atoms with Crippen LogP contribution >= 0.6 is 0 Å². The van der Waals surface area contributed by atoms with Gasteiger partial charge in [0, 0.05) is 25.1 Å². The van der Waals surface area contributed by atoms with E-state index in [1.807, 2.05) is 31.2 Å². The third-order valence-corrected chi connectivity index (χ3v) is 3.70. The summed E-state index contributed by atoms with van der Waals surface area (Å²) in [7, 11) is 2.06. The fraction of sp³-hybridized carbons (Fsp3) is 0.316. The summed E-state index contributed by atoms with van der Waals surface area (Å²) < 4.78 is 0. The van der Waals surface area contributed by atoms with Crippen LogP contribution in [0.1, 0.15) is 33.5 Å². The van der Waals surface area contributed by atoms with Crippen molar-refractivity contribution >= 4 is 5.78 Å². The molecule has 0 heterocycles. The Kier molecular flexibility index (Phi) is 5.29. The summed E-state index contributed by atoms with van der Waals surface area (Å²) in [6.07, 6.45) is 0.563. The molecule has 2 rings (SSSR count). The molecular weight excluding hydrogens is 258 g/mol. The first-order valence-corrected chi connectivity index (χ1v) is 7.39. The molecule has 0 aliphatic carbocycles. The van der Waals surface area contributed by atoms with Crippen LogP contribution in [0.3, 0.4) is 0 Å². The molecule has 2 aromatic rings. The third kappa shape index (κ3) is 4.54. The average molecular weight is 281 g/mol. The second kappa shape index (κ2) is 7.19. The van der Waals surface area contributed by atoms with Crippen LogP contribution in [0, 0.1) is 13.8 Å². The summed E-state index contributed by atoms with van der Waals surface area (Å²) in [5.74, 6) is 0.226. The van der Waals surface area contributed by atoms with Crippen LogP contribution in [0.5, 0.6) is 0 Å². The predicted molar refractivity (Wildman–Crippen MR) is 87.6 cm³/mol. The Morgan fingerprint density at radius 2 is 1.81 bits per heavy atom. The van der Waals surface area contributed by atoms with E-state index in [0.717, 1.165) is 24.2 Å². The van der Waals surface area contributed by atoms with Crippen molar-refractivity contribution < 1.29 is 4.79 Å². The number of nitrogens with zero attached hydrogens (tertiary/aromatic N) is 1. The summed E-state index contributed by atoms with van der Waals surface area (Å²) in [6.45, 7) is 5.75. The van der Waals surface area contributed by atoms with Crippen molar-refractivity contribution in [1.82, 2.24) is 4.90 Å². The zero-order valence-electron chi connectivity index (χ0n) is 13.1. The maximum absolute atomic E-state index is 12.2. The number of hydrogen-bond donors (Lipinski definition) is 0. The molecule has 0 radical (unpaired) electrons. The molecular formula is C19H23NO. The van der Waals surface area contributed by atoms with Gasteiger partial charge in [0.1, 0.15) is 0 Å². The molecule has 21 heavy (non-hydrogen) atoms. The van der Waals surface area contributed by atoms with Gasteiger partial charge in [-0.25, -0.2) is 0 Å². The first-order valence-electron chi connectivity index (χ1n) is 7.39. The van der Waals surface area contributed by atoms with Gasteiger partial charge in [0.05, 0.1) is 0 Å². The van der Waals surface area contributed by atoms with Crippen molar-refractivity contribution in [2.24, 2.45) is 0 Å². The first-order chi connectivity index (χ1) is 10.1. The lowest BCUT2D eigenvalue weighted by molar-refractivity contribution is 0.0967. The minimum atomic E-state index is 0.226. The Morgan fingerprint density at radius 1 is 1.05 bits per heavy atom. The van der Waals surface area contributed by atoms with Gasteiger partial charge in [-0.05, 0) is 32.0 Å². The van der Waals surface area contributed by atoms with Gasteiger partial charge in [-0.2, -0.15) is 0 Å². The number of carbonyl (C=O) groups is 1. The van der Waals surface area contributed by atoms with Gasteiger partial charge in [-0.1, -0.05) is 54.1 Å². The highest BCUT2D eigenvalue weighted by molar-refractivity contribution is 5.97. The number of ketones is 1. The molecule has 0 fully saturated rings. The van der Waals surface area contributed by atoms with Gasteiger partial charge in [-0.15, -0.1) is 0 Å². The zero-order chi connectivity index (χ0) is 15.2. The van der Waals surface area contributed by atoms with E-state index >= 15 is 0 Å². The number of hydrogen-bond acceptors (Lipinski definition) is 2. The molecule has 0 atom stereocenters. The Balaban J connectivity index is 1.88. The average Bonchev–Trinajstić information content (AvgIpc) is 2.45. The molecule has 0 aliphatic heterocycles. The Morgan fingerprint density at radius 3 is 2.52 bits per heavy atom. The molecule has 0 saturated carbocycles. The molecule has 0 aromatic heterocycles. The van der Waals surface area contributed by atoms with E-state index in [4.69, 9.17) is 0 Å². The lowest BCUT2D eigenvalue weighted by Crippen LogP contribution is -2.21. The summed E-state index contributed by atoms with van der Waals surface area (Å²) in [4.78, 5) is 14.4. The molecule has 0 amide bonds. The highest BCUT2D eigenvalue weighted by Crippen LogP contribution is 2.11. The number of Topliss-reactive ketones (excluding diaryl/α,β-unsaturated/α-hetero) is 1. The van der Waals surface area contributed by atoms with E-state index in [1.54, 1.807) is 0 Å².